The number of nitro benzene ring substituents is 2. The van der Waals surface area contributed by atoms with Crippen molar-refractivity contribution in [3.8, 4) is 22.3 Å². The molecule has 2 saturated carbocycles. The number of furan rings is 2. The fraction of sp³-hybridized carbons (Fsp3) is 0.353. The Bertz CT molecular complexity index is 1740. The number of benzene rings is 2. The zero-order chi connectivity index (χ0) is 31.9. The lowest BCUT2D eigenvalue weighted by atomic mass is 9.85. The van der Waals surface area contributed by atoms with Crippen LogP contribution < -0.4 is 10.6 Å². The molecule has 12 nitrogen and oxygen atoms in total. The Labute approximate surface area is 263 Å². The summed E-state index contributed by atoms with van der Waals surface area (Å²) in [5.41, 5.74) is -0.232. The zero-order valence-corrected chi connectivity index (χ0v) is 25.0. The second kappa shape index (κ2) is 11.9. The van der Waals surface area contributed by atoms with Crippen LogP contribution in [0.15, 0.2) is 57.4 Å². The molecular weight excluding hydrogens is 592 g/mol. The maximum absolute atomic E-state index is 14.5. The van der Waals surface area contributed by atoms with Crippen LogP contribution in [0.3, 0.4) is 0 Å². The van der Waals surface area contributed by atoms with Crippen LogP contribution in [0.1, 0.15) is 96.4 Å². The van der Waals surface area contributed by atoms with Gasteiger partial charge in [0.15, 0.2) is 11.5 Å². The van der Waals surface area contributed by atoms with Crippen molar-refractivity contribution in [2.75, 3.05) is 10.6 Å². The van der Waals surface area contributed by atoms with Gasteiger partial charge in [0.05, 0.1) is 43.2 Å². The predicted octanol–water partition coefficient (Wildman–Crippen LogP) is 8.29. The van der Waals surface area contributed by atoms with Crippen molar-refractivity contribution in [2.24, 2.45) is 0 Å². The van der Waals surface area contributed by atoms with E-state index in [1.807, 2.05) is 0 Å². The first-order valence-corrected chi connectivity index (χ1v) is 15.8. The topological polar surface area (TPSA) is 171 Å². The van der Waals surface area contributed by atoms with Crippen LogP contribution in [0.5, 0.6) is 0 Å². The molecule has 0 unspecified atom stereocenters. The second-order valence-corrected chi connectivity index (χ2v) is 12.2. The summed E-state index contributed by atoms with van der Waals surface area (Å²) in [6.07, 6.45) is 9.47. The molecule has 3 aliphatic carbocycles. The van der Waals surface area contributed by atoms with E-state index in [0.717, 1.165) is 64.2 Å². The van der Waals surface area contributed by atoms with E-state index in [9.17, 15) is 29.8 Å². The second-order valence-electron chi connectivity index (χ2n) is 12.2. The number of para-hydroxylation sites is 2. The van der Waals surface area contributed by atoms with Crippen molar-refractivity contribution in [1.82, 2.24) is 0 Å². The van der Waals surface area contributed by atoms with Crippen molar-refractivity contribution in [3.05, 3.63) is 91.4 Å². The van der Waals surface area contributed by atoms with Crippen LogP contribution in [0.4, 0.5) is 23.1 Å². The van der Waals surface area contributed by atoms with Gasteiger partial charge in [-0.1, -0.05) is 62.8 Å². The minimum Gasteiger partial charge on any atom is -0.436 e. The van der Waals surface area contributed by atoms with Crippen molar-refractivity contribution in [2.45, 2.75) is 76.3 Å². The molecule has 0 aliphatic heterocycles. The van der Waals surface area contributed by atoms with Gasteiger partial charge >= 0.3 is 0 Å². The molecule has 4 aromatic rings. The standard InChI is InChI=1S/C34H32N4O8/c39-29-27-25(21-15-7-9-17-23(21)37(41)42)33(35-19-11-3-1-4-12-19)45-31(27)30(40)28-26(22-16-8-10-18-24(22)38(43)44)34(46-32(28)29)36-20-13-5-2-6-14-20/h7-10,15-20,35-36H,1-6,11-14H2. The third kappa shape index (κ3) is 5.03. The van der Waals surface area contributed by atoms with E-state index in [2.05, 4.69) is 10.6 Å². The highest BCUT2D eigenvalue weighted by molar-refractivity contribution is 6.32. The van der Waals surface area contributed by atoms with Crippen LogP contribution in [0.25, 0.3) is 22.3 Å². The van der Waals surface area contributed by atoms with E-state index in [1.54, 1.807) is 12.1 Å². The minimum absolute atomic E-state index is 0.0159. The van der Waals surface area contributed by atoms with E-state index >= 15 is 0 Å². The first-order valence-electron chi connectivity index (χ1n) is 15.8. The van der Waals surface area contributed by atoms with Gasteiger partial charge in [-0.05, 0) is 37.8 Å². The van der Waals surface area contributed by atoms with Crippen LogP contribution >= 0.6 is 0 Å². The van der Waals surface area contributed by atoms with Gasteiger partial charge in [-0.25, -0.2) is 0 Å². The molecule has 0 bridgehead atoms. The Morgan fingerprint density at radius 2 is 0.935 bits per heavy atom. The number of hydrogen-bond donors (Lipinski definition) is 2. The SMILES string of the molecule is O=C1c2oc(NC3CCCCC3)c(-c3ccccc3[N+](=O)[O-])c2C(=O)c2oc(NC3CCCCC3)c(-c3ccccc3[N+](=O)[O-])c21. The summed E-state index contributed by atoms with van der Waals surface area (Å²) in [6, 6.07) is 12.0. The minimum atomic E-state index is -0.685. The van der Waals surface area contributed by atoms with Crippen LogP contribution in [-0.2, 0) is 0 Å². The summed E-state index contributed by atoms with van der Waals surface area (Å²) in [6.45, 7) is 0. The Kier molecular flexibility index (Phi) is 7.63. The van der Waals surface area contributed by atoms with Crippen LogP contribution in [0, 0.1) is 20.2 Å². The lowest BCUT2D eigenvalue weighted by Crippen LogP contribution is -2.22. The number of carbonyl (C=O) groups excluding carboxylic acids is 2. The molecule has 7 rings (SSSR count). The number of nitro groups is 2. The molecule has 46 heavy (non-hydrogen) atoms. The molecule has 12 heteroatoms. The van der Waals surface area contributed by atoms with Gasteiger partial charge in [-0.2, -0.15) is 0 Å². The number of fused-ring (bicyclic) bond motifs is 2. The summed E-state index contributed by atoms with van der Waals surface area (Å²) in [7, 11) is 0. The van der Waals surface area contributed by atoms with E-state index in [4.69, 9.17) is 8.83 Å². The number of ketones is 2. The average molecular weight is 625 g/mol. The summed E-state index contributed by atoms with van der Waals surface area (Å²) in [4.78, 5) is 52.1. The number of nitrogens with zero attached hydrogens (tertiary/aromatic N) is 2. The number of anilines is 2. The molecule has 0 spiro atoms. The molecule has 2 aromatic carbocycles. The number of carbonyl (C=O) groups is 2. The first kappa shape index (κ1) is 29.5. The monoisotopic (exact) mass is 624 g/mol. The van der Waals surface area contributed by atoms with Gasteiger partial charge in [-0.3, -0.25) is 29.8 Å². The molecule has 2 N–H and O–H groups in total. The summed E-state index contributed by atoms with van der Waals surface area (Å²) in [5, 5.41) is 30.9. The maximum atomic E-state index is 14.5. The Balaban J connectivity index is 1.44. The quantitative estimate of drug-likeness (QED) is 0.126. The van der Waals surface area contributed by atoms with Gasteiger partial charge in [-0.15, -0.1) is 0 Å². The third-order valence-corrected chi connectivity index (χ3v) is 9.30. The fourth-order valence-electron chi connectivity index (χ4n) is 7.11. The van der Waals surface area contributed by atoms with Crippen molar-refractivity contribution in [1.29, 1.82) is 0 Å². The molecule has 0 radical (unpaired) electrons. The fourth-order valence-corrected chi connectivity index (χ4v) is 7.11. The Morgan fingerprint density at radius 1 is 0.565 bits per heavy atom. The summed E-state index contributed by atoms with van der Waals surface area (Å²) >= 11 is 0. The normalized spacial score (nSPS) is 17.0. The van der Waals surface area contributed by atoms with Crippen molar-refractivity contribution < 1.29 is 28.3 Å². The lowest BCUT2D eigenvalue weighted by Gasteiger charge is -2.23. The van der Waals surface area contributed by atoms with Gasteiger partial charge in [0.1, 0.15) is 0 Å². The highest BCUT2D eigenvalue weighted by atomic mass is 16.6. The smallest absolute Gasteiger partial charge is 0.277 e. The maximum Gasteiger partial charge on any atom is 0.277 e. The highest BCUT2D eigenvalue weighted by Gasteiger charge is 2.45. The Hall–Kier alpha value is -5.26. The van der Waals surface area contributed by atoms with Crippen molar-refractivity contribution >= 4 is 34.7 Å². The van der Waals surface area contributed by atoms with Gasteiger partial charge in [0.2, 0.25) is 23.3 Å². The number of nitrogens with one attached hydrogen (secondary N) is 2. The first-order chi connectivity index (χ1) is 22.3. The molecule has 0 saturated heterocycles. The third-order valence-electron chi connectivity index (χ3n) is 9.30. The Morgan fingerprint density at radius 3 is 1.30 bits per heavy atom. The van der Waals surface area contributed by atoms with E-state index < -0.39 is 21.4 Å². The van der Waals surface area contributed by atoms with Crippen LogP contribution in [-0.4, -0.2) is 33.5 Å². The summed E-state index contributed by atoms with van der Waals surface area (Å²) < 4.78 is 12.4. The van der Waals surface area contributed by atoms with Gasteiger partial charge in [0, 0.05) is 24.2 Å². The molecule has 2 heterocycles. The number of rotatable bonds is 8. The van der Waals surface area contributed by atoms with E-state index in [-0.39, 0.29) is 80.1 Å². The molecule has 236 valence electrons. The van der Waals surface area contributed by atoms with Crippen LogP contribution in [0.2, 0.25) is 0 Å². The highest BCUT2D eigenvalue weighted by Crippen LogP contribution is 2.50. The van der Waals surface area contributed by atoms with E-state index in [0.29, 0.717) is 0 Å². The largest absolute Gasteiger partial charge is 0.436 e. The summed E-state index contributed by atoms with van der Waals surface area (Å²) in [5.74, 6) is -1.73. The average Bonchev–Trinajstić information content (AvgIpc) is 3.64. The van der Waals surface area contributed by atoms with Gasteiger partial charge in [0.25, 0.3) is 11.4 Å². The van der Waals surface area contributed by atoms with Crippen molar-refractivity contribution in [3.63, 3.8) is 0 Å². The molecule has 0 atom stereocenters. The number of hydrogen-bond acceptors (Lipinski definition) is 10. The van der Waals surface area contributed by atoms with Gasteiger partial charge < -0.3 is 19.5 Å². The van der Waals surface area contributed by atoms with E-state index in [1.165, 1.54) is 36.4 Å². The zero-order valence-electron chi connectivity index (χ0n) is 25.0. The molecule has 3 aliphatic rings. The molecule has 2 aromatic heterocycles. The lowest BCUT2D eigenvalue weighted by molar-refractivity contribution is -0.384. The molecular formula is C34H32N4O8. The molecule has 2 fully saturated rings. The predicted molar refractivity (Wildman–Crippen MR) is 169 cm³/mol. The molecule has 0 amide bonds.